The number of aliphatic hydroxyl groups is 1. The molecule has 0 saturated carbocycles. The lowest BCUT2D eigenvalue weighted by Crippen LogP contribution is -2.00. The number of halogens is 2. The molecule has 1 aromatic rings. The zero-order chi connectivity index (χ0) is 10.9. The second kappa shape index (κ2) is 4.23. The molecule has 4 nitrogen and oxygen atoms in total. The molecule has 1 aromatic carbocycles. The first-order valence-electron chi connectivity index (χ1n) is 3.59. The Morgan fingerprint density at radius 3 is 2.36 bits per heavy atom. The van der Waals surface area contributed by atoms with Crippen LogP contribution in [0.15, 0.2) is 6.07 Å². The Kier molecular flexibility index (Phi) is 3.44. The maximum absolute atomic E-state index is 9.29. The monoisotopic (exact) mass is 238 g/mol. The minimum Gasteiger partial charge on any atom is -0.503 e. The highest BCUT2D eigenvalue weighted by Gasteiger charge is 2.19. The number of aliphatic hydroxyl groups excluding tert-OH is 1. The van der Waals surface area contributed by atoms with Gasteiger partial charge in [0.1, 0.15) is 0 Å². The molecular formula is C8H8Cl2O4. The minimum atomic E-state index is -1.30. The molecule has 0 aliphatic heterocycles. The summed E-state index contributed by atoms with van der Waals surface area (Å²) in [4.78, 5) is 0. The standard InChI is InChI=1S/C8H8Cl2O4/c1-14-8(13)3-2-4(9)6(11)7(12)5(3)10/h2,8,11-13H,1H3. The Morgan fingerprint density at radius 1 is 1.29 bits per heavy atom. The van der Waals surface area contributed by atoms with Gasteiger partial charge < -0.3 is 20.1 Å². The molecule has 1 unspecified atom stereocenters. The maximum atomic E-state index is 9.29. The third-order valence-corrected chi connectivity index (χ3v) is 2.37. The predicted molar refractivity (Wildman–Crippen MR) is 51.8 cm³/mol. The summed E-state index contributed by atoms with van der Waals surface area (Å²) < 4.78 is 4.59. The highest BCUT2D eigenvalue weighted by atomic mass is 35.5. The summed E-state index contributed by atoms with van der Waals surface area (Å²) in [7, 11) is 1.26. The van der Waals surface area contributed by atoms with Crippen LogP contribution in [0.5, 0.6) is 11.5 Å². The lowest BCUT2D eigenvalue weighted by Gasteiger charge is -2.13. The second-order valence-corrected chi connectivity index (χ2v) is 3.33. The molecule has 0 spiro atoms. The van der Waals surface area contributed by atoms with Gasteiger partial charge in [0.15, 0.2) is 17.8 Å². The number of hydrogen-bond donors (Lipinski definition) is 3. The number of benzene rings is 1. The molecule has 0 radical (unpaired) electrons. The van der Waals surface area contributed by atoms with Crippen molar-refractivity contribution >= 4 is 23.2 Å². The van der Waals surface area contributed by atoms with E-state index in [0.717, 1.165) is 0 Å². The smallest absolute Gasteiger partial charge is 0.182 e. The minimum absolute atomic E-state index is 0.0921. The summed E-state index contributed by atoms with van der Waals surface area (Å²) in [6, 6.07) is 1.22. The molecule has 0 amide bonds. The summed E-state index contributed by atoms with van der Waals surface area (Å²) in [5.74, 6) is -1.10. The van der Waals surface area contributed by atoms with Gasteiger partial charge in [0.25, 0.3) is 0 Å². The van der Waals surface area contributed by atoms with E-state index >= 15 is 0 Å². The van der Waals surface area contributed by atoms with E-state index in [9.17, 15) is 15.3 Å². The van der Waals surface area contributed by atoms with Gasteiger partial charge in [0.2, 0.25) is 0 Å². The highest BCUT2D eigenvalue weighted by Crippen LogP contribution is 2.43. The van der Waals surface area contributed by atoms with Crippen LogP contribution >= 0.6 is 23.2 Å². The Morgan fingerprint density at radius 2 is 1.86 bits per heavy atom. The van der Waals surface area contributed by atoms with Crippen LogP contribution in [-0.4, -0.2) is 22.4 Å². The van der Waals surface area contributed by atoms with Crippen molar-refractivity contribution in [2.45, 2.75) is 6.29 Å². The van der Waals surface area contributed by atoms with Crippen molar-refractivity contribution in [2.75, 3.05) is 7.11 Å². The van der Waals surface area contributed by atoms with E-state index in [1.807, 2.05) is 0 Å². The third kappa shape index (κ3) is 1.88. The maximum Gasteiger partial charge on any atom is 0.182 e. The average molecular weight is 239 g/mol. The number of phenolic OH excluding ortho intramolecular Hbond substituents is 2. The Balaban J connectivity index is 3.33. The fraction of sp³-hybridized carbons (Fsp3) is 0.250. The van der Waals surface area contributed by atoms with Gasteiger partial charge in [0, 0.05) is 12.7 Å². The van der Waals surface area contributed by atoms with Crippen LogP contribution in [0.3, 0.4) is 0 Å². The van der Waals surface area contributed by atoms with Gasteiger partial charge >= 0.3 is 0 Å². The van der Waals surface area contributed by atoms with Gasteiger partial charge in [-0.2, -0.15) is 0 Å². The summed E-state index contributed by atoms with van der Waals surface area (Å²) in [5, 5.41) is 27.4. The molecule has 1 atom stereocenters. The largest absolute Gasteiger partial charge is 0.503 e. The zero-order valence-corrected chi connectivity index (χ0v) is 8.67. The number of methoxy groups -OCH3 is 1. The molecule has 0 aromatic heterocycles. The van der Waals surface area contributed by atoms with Crippen LogP contribution in [0.4, 0.5) is 0 Å². The van der Waals surface area contributed by atoms with E-state index in [-0.39, 0.29) is 15.6 Å². The van der Waals surface area contributed by atoms with Crippen molar-refractivity contribution in [1.82, 2.24) is 0 Å². The molecule has 0 heterocycles. The van der Waals surface area contributed by atoms with Gasteiger partial charge in [-0.25, -0.2) is 0 Å². The predicted octanol–water partition coefficient (Wildman–Crippen LogP) is 2.04. The van der Waals surface area contributed by atoms with E-state index in [1.165, 1.54) is 13.2 Å². The van der Waals surface area contributed by atoms with Gasteiger partial charge in [0.05, 0.1) is 10.0 Å². The molecule has 78 valence electrons. The molecule has 0 aliphatic carbocycles. The number of phenols is 2. The van der Waals surface area contributed by atoms with Crippen LogP contribution in [0, 0.1) is 0 Å². The molecule has 0 saturated heterocycles. The highest BCUT2D eigenvalue weighted by molar-refractivity contribution is 6.36. The topological polar surface area (TPSA) is 69.9 Å². The van der Waals surface area contributed by atoms with E-state index < -0.39 is 17.8 Å². The third-order valence-electron chi connectivity index (χ3n) is 1.68. The first-order valence-corrected chi connectivity index (χ1v) is 4.35. The Hall–Kier alpha value is -0.680. The molecule has 14 heavy (non-hydrogen) atoms. The Labute approximate surface area is 90.3 Å². The van der Waals surface area contributed by atoms with E-state index in [2.05, 4.69) is 4.74 Å². The van der Waals surface area contributed by atoms with Crippen LogP contribution in [0.25, 0.3) is 0 Å². The number of ether oxygens (including phenoxy) is 1. The quantitative estimate of drug-likeness (QED) is 0.545. The fourth-order valence-electron chi connectivity index (χ4n) is 0.929. The normalized spacial score (nSPS) is 12.9. The summed E-state index contributed by atoms with van der Waals surface area (Å²) in [5.41, 5.74) is 0.0921. The number of rotatable bonds is 2. The van der Waals surface area contributed by atoms with Crippen LogP contribution in [-0.2, 0) is 4.74 Å². The van der Waals surface area contributed by atoms with E-state index in [4.69, 9.17) is 23.2 Å². The van der Waals surface area contributed by atoms with Crippen molar-refractivity contribution in [3.63, 3.8) is 0 Å². The lowest BCUT2D eigenvalue weighted by atomic mass is 10.2. The van der Waals surface area contributed by atoms with Crippen molar-refractivity contribution in [3.05, 3.63) is 21.7 Å². The van der Waals surface area contributed by atoms with Crippen LogP contribution in [0.1, 0.15) is 11.9 Å². The lowest BCUT2D eigenvalue weighted by molar-refractivity contribution is -0.0769. The first-order chi connectivity index (χ1) is 6.49. The Bertz CT molecular complexity index is 354. The molecule has 0 aliphatic rings. The van der Waals surface area contributed by atoms with Crippen molar-refractivity contribution < 1.29 is 20.1 Å². The number of aromatic hydroxyl groups is 2. The average Bonchev–Trinajstić information content (AvgIpc) is 2.19. The van der Waals surface area contributed by atoms with E-state index in [0.29, 0.717) is 0 Å². The summed E-state index contributed by atoms with van der Waals surface area (Å²) >= 11 is 11.2. The molecule has 0 fully saturated rings. The van der Waals surface area contributed by atoms with Crippen LogP contribution < -0.4 is 0 Å². The summed E-state index contributed by atoms with van der Waals surface area (Å²) in [6.07, 6.45) is -1.30. The molecule has 1 rings (SSSR count). The molecule has 0 bridgehead atoms. The molecule has 6 heteroatoms. The SMILES string of the molecule is COC(O)c1cc(Cl)c(O)c(O)c1Cl. The van der Waals surface area contributed by atoms with E-state index in [1.54, 1.807) is 0 Å². The first kappa shape index (κ1) is 11.4. The number of hydrogen-bond acceptors (Lipinski definition) is 4. The van der Waals surface area contributed by atoms with Gasteiger partial charge in [-0.05, 0) is 6.07 Å². The van der Waals surface area contributed by atoms with Gasteiger partial charge in [-0.3, -0.25) is 0 Å². The molecular weight excluding hydrogens is 231 g/mol. The van der Waals surface area contributed by atoms with Crippen molar-refractivity contribution in [1.29, 1.82) is 0 Å². The summed E-state index contributed by atoms with van der Waals surface area (Å²) in [6.45, 7) is 0. The fourth-order valence-corrected chi connectivity index (χ4v) is 1.37. The van der Waals surface area contributed by atoms with Crippen LogP contribution in [0.2, 0.25) is 10.0 Å². The zero-order valence-electron chi connectivity index (χ0n) is 7.16. The second-order valence-electron chi connectivity index (χ2n) is 2.55. The molecule has 3 N–H and O–H groups in total. The van der Waals surface area contributed by atoms with Crippen molar-refractivity contribution in [3.8, 4) is 11.5 Å². The van der Waals surface area contributed by atoms with Gasteiger partial charge in [-0.1, -0.05) is 23.2 Å². The van der Waals surface area contributed by atoms with Crippen molar-refractivity contribution in [2.24, 2.45) is 0 Å². The van der Waals surface area contributed by atoms with Gasteiger partial charge in [-0.15, -0.1) is 0 Å².